The van der Waals surface area contributed by atoms with Gasteiger partial charge >= 0.3 is 6.16 Å². The van der Waals surface area contributed by atoms with Crippen LogP contribution < -0.4 is 9.47 Å². The average Bonchev–Trinajstić information content (AvgIpc) is 2.53. The SMILES string of the molecule is COC(=O)Oc1ccc2ccc(OCOCC[Si](C)(C)C)cc2c1. The van der Waals surface area contributed by atoms with E-state index in [1.54, 1.807) is 12.1 Å². The zero-order valence-electron chi connectivity index (χ0n) is 14.6. The quantitative estimate of drug-likeness (QED) is 0.239. The van der Waals surface area contributed by atoms with Crippen LogP contribution in [0.4, 0.5) is 4.79 Å². The molecule has 130 valence electrons. The smallest absolute Gasteiger partial charge is 0.468 e. The molecule has 0 unspecified atom stereocenters. The number of fused-ring (bicyclic) bond motifs is 1. The molecule has 0 N–H and O–H groups in total. The molecule has 0 amide bonds. The Kier molecular flexibility index (Phi) is 6.22. The van der Waals surface area contributed by atoms with Gasteiger partial charge in [0.2, 0.25) is 0 Å². The van der Waals surface area contributed by atoms with Gasteiger partial charge in [0, 0.05) is 14.7 Å². The lowest BCUT2D eigenvalue weighted by Gasteiger charge is -2.15. The summed E-state index contributed by atoms with van der Waals surface area (Å²) >= 11 is 0. The van der Waals surface area contributed by atoms with Crippen LogP contribution in [-0.4, -0.2) is 34.7 Å². The Morgan fingerprint density at radius 1 is 1.00 bits per heavy atom. The summed E-state index contributed by atoms with van der Waals surface area (Å²) in [5.74, 6) is 1.14. The van der Waals surface area contributed by atoms with Gasteiger partial charge < -0.3 is 18.9 Å². The van der Waals surface area contributed by atoms with Crippen LogP contribution in [0, 0.1) is 0 Å². The molecule has 2 rings (SSSR count). The maximum absolute atomic E-state index is 11.2. The van der Waals surface area contributed by atoms with Crippen LogP contribution in [-0.2, 0) is 9.47 Å². The number of benzene rings is 2. The maximum Gasteiger partial charge on any atom is 0.513 e. The summed E-state index contributed by atoms with van der Waals surface area (Å²) in [6.07, 6.45) is -0.738. The van der Waals surface area contributed by atoms with Gasteiger partial charge in [-0.1, -0.05) is 31.8 Å². The van der Waals surface area contributed by atoms with Gasteiger partial charge in [-0.3, -0.25) is 0 Å². The molecule has 6 heteroatoms. The first-order valence-electron chi connectivity index (χ1n) is 7.87. The van der Waals surface area contributed by atoms with Gasteiger partial charge in [-0.2, -0.15) is 0 Å². The Balaban J connectivity index is 1.95. The van der Waals surface area contributed by atoms with Gasteiger partial charge in [-0.15, -0.1) is 0 Å². The standard InChI is InChI=1S/C18H24O5Si/c1-20-18(19)23-17-8-6-14-5-7-16(11-15(14)12-17)22-13-21-9-10-24(2,3)4/h5-8,11-12H,9-10,13H2,1-4H3. The zero-order chi connectivity index (χ0) is 17.6. The summed E-state index contributed by atoms with van der Waals surface area (Å²) in [6.45, 7) is 7.90. The largest absolute Gasteiger partial charge is 0.513 e. The molecule has 0 fully saturated rings. The van der Waals surface area contributed by atoms with E-state index >= 15 is 0 Å². The van der Waals surface area contributed by atoms with Gasteiger partial charge in [-0.05, 0) is 41.1 Å². The fourth-order valence-corrected chi connectivity index (χ4v) is 2.80. The predicted molar refractivity (Wildman–Crippen MR) is 96.6 cm³/mol. The molecule has 0 aliphatic rings. The van der Waals surface area contributed by atoms with Crippen molar-refractivity contribution in [3.05, 3.63) is 36.4 Å². The van der Waals surface area contributed by atoms with Crippen LogP contribution in [0.15, 0.2) is 36.4 Å². The molecule has 0 atom stereocenters. The molecule has 0 heterocycles. The number of hydrogen-bond donors (Lipinski definition) is 0. The van der Waals surface area contributed by atoms with Crippen molar-refractivity contribution in [1.82, 2.24) is 0 Å². The second-order valence-corrected chi connectivity index (χ2v) is 12.3. The molecule has 24 heavy (non-hydrogen) atoms. The van der Waals surface area contributed by atoms with Crippen molar-refractivity contribution in [2.24, 2.45) is 0 Å². The third-order valence-electron chi connectivity index (χ3n) is 3.46. The molecular weight excluding hydrogens is 324 g/mol. The van der Waals surface area contributed by atoms with Crippen molar-refractivity contribution in [3.8, 4) is 11.5 Å². The highest BCUT2D eigenvalue weighted by molar-refractivity contribution is 6.76. The van der Waals surface area contributed by atoms with Crippen LogP contribution in [0.1, 0.15) is 0 Å². The number of carbonyl (C=O) groups is 1. The first-order valence-corrected chi connectivity index (χ1v) is 11.6. The van der Waals surface area contributed by atoms with Crippen molar-refractivity contribution in [2.75, 3.05) is 20.5 Å². The van der Waals surface area contributed by atoms with Crippen molar-refractivity contribution in [3.63, 3.8) is 0 Å². The van der Waals surface area contributed by atoms with E-state index < -0.39 is 14.2 Å². The molecule has 5 nitrogen and oxygen atoms in total. The average molecular weight is 348 g/mol. The van der Waals surface area contributed by atoms with E-state index in [0.29, 0.717) is 11.5 Å². The van der Waals surface area contributed by atoms with Crippen molar-refractivity contribution in [2.45, 2.75) is 25.7 Å². The molecule has 0 saturated carbocycles. The van der Waals surface area contributed by atoms with Crippen LogP contribution >= 0.6 is 0 Å². The second-order valence-electron chi connectivity index (χ2n) is 6.71. The van der Waals surface area contributed by atoms with E-state index in [4.69, 9.17) is 14.2 Å². The fraction of sp³-hybridized carbons (Fsp3) is 0.389. The normalized spacial score (nSPS) is 11.3. The molecule has 2 aromatic carbocycles. The molecule has 0 bridgehead atoms. The lowest BCUT2D eigenvalue weighted by Crippen LogP contribution is -2.22. The summed E-state index contributed by atoms with van der Waals surface area (Å²) in [5, 5.41) is 1.94. The second kappa shape index (κ2) is 8.17. The summed E-state index contributed by atoms with van der Waals surface area (Å²) in [4.78, 5) is 11.2. The maximum atomic E-state index is 11.2. The first-order chi connectivity index (χ1) is 11.4. The molecule has 2 aromatic rings. The molecule has 0 spiro atoms. The summed E-state index contributed by atoms with van der Waals surface area (Å²) < 4.78 is 20.7. The minimum absolute atomic E-state index is 0.230. The number of ether oxygens (including phenoxy) is 4. The molecular formula is C18H24O5Si. The zero-order valence-corrected chi connectivity index (χ0v) is 15.6. The number of rotatable bonds is 7. The van der Waals surface area contributed by atoms with E-state index in [9.17, 15) is 4.79 Å². The Bertz CT molecular complexity index is 693. The van der Waals surface area contributed by atoms with Gasteiger partial charge in [0.15, 0.2) is 6.79 Å². The van der Waals surface area contributed by atoms with Gasteiger partial charge in [-0.25, -0.2) is 4.79 Å². The Labute approximate surface area is 143 Å². The third kappa shape index (κ3) is 5.86. The summed E-state index contributed by atoms with van der Waals surface area (Å²) in [5.41, 5.74) is 0. The van der Waals surface area contributed by atoms with Crippen molar-refractivity contribution < 1.29 is 23.7 Å². The van der Waals surface area contributed by atoms with Crippen LogP contribution in [0.2, 0.25) is 25.7 Å². The minimum Gasteiger partial charge on any atom is -0.468 e. The van der Waals surface area contributed by atoms with E-state index in [1.165, 1.54) is 7.11 Å². The fourth-order valence-electron chi connectivity index (χ4n) is 2.04. The summed E-state index contributed by atoms with van der Waals surface area (Å²) in [6, 6.07) is 12.2. The molecule has 0 radical (unpaired) electrons. The lowest BCUT2D eigenvalue weighted by atomic mass is 10.1. The van der Waals surface area contributed by atoms with E-state index in [1.807, 2.05) is 24.3 Å². The van der Waals surface area contributed by atoms with Crippen molar-refractivity contribution in [1.29, 1.82) is 0 Å². The predicted octanol–water partition coefficient (Wildman–Crippen LogP) is 4.68. The Morgan fingerprint density at radius 3 is 2.33 bits per heavy atom. The number of methoxy groups -OCH3 is 1. The molecule has 0 aliphatic carbocycles. The number of carbonyl (C=O) groups excluding carboxylic acids is 1. The van der Waals surface area contributed by atoms with E-state index in [-0.39, 0.29) is 6.79 Å². The van der Waals surface area contributed by atoms with Gasteiger partial charge in [0.25, 0.3) is 0 Å². The van der Waals surface area contributed by atoms with Gasteiger partial charge in [0.1, 0.15) is 11.5 Å². The molecule has 0 aromatic heterocycles. The number of hydrogen-bond acceptors (Lipinski definition) is 5. The topological polar surface area (TPSA) is 54.0 Å². The first kappa shape index (κ1) is 18.3. The van der Waals surface area contributed by atoms with Crippen molar-refractivity contribution >= 4 is 25.0 Å². The highest BCUT2D eigenvalue weighted by Gasteiger charge is 2.12. The third-order valence-corrected chi connectivity index (χ3v) is 5.16. The minimum atomic E-state index is -1.08. The van der Waals surface area contributed by atoms with E-state index in [2.05, 4.69) is 24.4 Å². The molecule has 0 aliphatic heterocycles. The van der Waals surface area contributed by atoms with Gasteiger partial charge in [0.05, 0.1) is 7.11 Å². The lowest BCUT2D eigenvalue weighted by molar-refractivity contribution is 0.0221. The highest BCUT2D eigenvalue weighted by atomic mass is 28.3. The van der Waals surface area contributed by atoms with Crippen LogP contribution in [0.25, 0.3) is 10.8 Å². The molecule has 0 saturated heterocycles. The van der Waals surface area contributed by atoms with Crippen LogP contribution in [0.3, 0.4) is 0 Å². The van der Waals surface area contributed by atoms with Crippen LogP contribution in [0.5, 0.6) is 11.5 Å². The monoisotopic (exact) mass is 348 g/mol. The Morgan fingerprint density at radius 2 is 1.67 bits per heavy atom. The highest BCUT2D eigenvalue weighted by Crippen LogP contribution is 2.25. The Hall–Kier alpha value is -2.05. The van der Waals surface area contributed by atoms with E-state index in [0.717, 1.165) is 23.4 Å². The summed E-state index contributed by atoms with van der Waals surface area (Å²) in [7, 11) is 0.197.